The summed E-state index contributed by atoms with van der Waals surface area (Å²) in [6.07, 6.45) is 1.67. The highest BCUT2D eigenvalue weighted by Crippen LogP contribution is 2.32. The predicted molar refractivity (Wildman–Crippen MR) is 109 cm³/mol. The zero-order chi connectivity index (χ0) is 17.6. The summed E-state index contributed by atoms with van der Waals surface area (Å²) in [5.41, 5.74) is 3.83. The monoisotopic (exact) mass is 528 g/mol. The third kappa shape index (κ3) is 3.20. The predicted octanol–water partition coefficient (Wildman–Crippen LogP) is 5.20. The van der Waals surface area contributed by atoms with Gasteiger partial charge < -0.3 is 4.74 Å². The van der Waals surface area contributed by atoms with Crippen LogP contribution in [0.5, 0.6) is 0 Å². The lowest BCUT2D eigenvalue weighted by atomic mass is 10.1. The molecule has 0 saturated heterocycles. The average Bonchev–Trinajstić information content (AvgIpc) is 2.96. The quantitative estimate of drug-likeness (QED) is 0.429. The highest BCUT2D eigenvalue weighted by molar-refractivity contribution is 14.1. The third-order valence-electron chi connectivity index (χ3n) is 3.76. The van der Waals surface area contributed by atoms with Gasteiger partial charge in [0.1, 0.15) is 16.9 Å². The first-order chi connectivity index (χ1) is 12.0. The Morgan fingerprint density at radius 1 is 1.32 bits per heavy atom. The van der Waals surface area contributed by atoms with Crippen molar-refractivity contribution < 1.29 is 4.74 Å². The minimum Gasteiger partial charge on any atom is -0.471 e. The van der Waals surface area contributed by atoms with Crippen molar-refractivity contribution in [2.24, 2.45) is 4.99 Å². The van der Waals surface area contributed by atoms with E-state index in [1.807, 2.05) is 6.07 Å². The fourth-order valence-corrected chi connectivity index (χ4v) is 4.11. The Balaban J connectivity index is 1.87. The van der Waals surface area contributed by atoms with E-state index in [0.717, 1.165) is 16.8 Å². The second-order valence-electron chi connectivity index (χ2n) is 5.51. The average molecular weight is 530 g/mol. The first-order valence-electron chi connectivity index (χ1n) is 7.40. The van der Waals surface area contributed by atoms with Crippen molar-refractivity contribution in [3.63, 3.8) is 0 Å². The van der Waals surface area contributed by atoms with Crippen molar-refractivity contribution in [3.05, 3.63) is 66.5 Å². The number of halogens is 3. The second-order valence-corrected chi connectivity index (χ2v) is 7.97. The molecule has 0 unspecified atom stereocenters. The maximum Gasteiger partial charge on any atom is 0.241 e. The van der Waals surface area contributed by atoms with Gasteiger partial charge in [-0.25, -0.2) is 14.7 Å². The van der Waals surface area contributed by atoms with Gasteiger partial charge in [-0.3, -0.25) is 0 Å². The number of benzene rings is 1. The molecular formula is C17H11BrClIN4O. The van der Waals surface area contributed by atoms with Gasteiger partial charge in [-0.1, -0.05) is 11.6 Å². The molecule has 0 amide bonds. The maximum atomic E-state index is 6.28. The van der Waals surface area contributed by atoms with Crippen molar-refractivity contribution in [2.75, 3.05) is 0 Å². The van der Waals surface area contributed by atoms with Crippen LogP contribution in [0.4, 0.5) is 5.69 Å². The molecule has 8 heteroatoms. The van der Waals surface area contributed by atoms with Crippen molar-refractivity contribution in [1.82, 2.24) is 14.8 Å². The summed E-state index contributed by atoms with van der Waals surface area (Å²) in [5, 5.41) is 4.94. The normalized spacial score (nSPS) is 13.2. The van der Waals surface area contributed by atoms with Crippen LogP contribution in [0.2, 0.25) is 5.02 Å². The molecule has 2 aromatic heterocycles. The van der Waals surface area contributed by atoms with Crippen molar-refractivity contribution in [3.8, 4) is 5.82 Å². The summed E-state index contributed by atoms with van der Waals surface area (Å²) < 4.78 is 9.37. The van der Waals surface area contributed by atoms with Crippen molar-refractivity contribution >= 4 is 61.7 Å². The van der Waals surface area contributed by atoms with Gasteiger partial charge in [0.2, 0.25) is 5.90 Å². The number of fused-ring (bicyclic) bond motifs is 1. The second kappa shape index (κ2) is 6.69. The van der Waals surface area contributed by atoms with E-state index in [1.54, 1.807) is 23.0 Å². The van der Waals surface area contributed by atoms with Crippen molar-refractivity contribution in [2.45, 2.75) is 13.5 Å². The minimum absolute atomic E-state index is 0.463. The number of nitrogens with zero attached hydrogens (tertiary/aromatic N) is 4. The molecule has 0 aliphatic carbocycles. The molecule has 0 radical (unpaired) electrons. The van der Waals surface area contributed by atoms with E-state index in [1.165, 1.54) is 3.57 Å². The fraction of sp³-hybridized carbons (Fsp3) is 0.118. The molecule has 1 aliphatic rings. The van der Waals surface area contributed by atoms with Crippen LogP contribution in [0.1, 0.15) is 16.8 Å². The molecule has 4 rings (SSSR count). The zero-order valence-electron chi connectivity index (χ0n) is 13.0. The first kappa shape index (κ1) is 17.0. The number of hydrogen-bond donors (Lipinski definition) is 0. The lowest BCUT2D eigenvalue weighted by Gasteiger charge is -2.19. The van der Waals surface area contributed by atoms with E-state index in [4.69, 9.17) is 21.3 Å². The van der Waals surface area contributed by atoms with E-state index < -0.39 is 0 Å². The molecule has 0 atom stereocenters. The van der Waals surface area contributed by atoms with Gasteiger partial charge in [0.15, 0.2) is 5.82 Å². The van der Waals surface area contributed by atoms with Crippen LogP contribution in [0.15, 0.2) is 46.1 Å². The number of rotatable bonds is 2. The van der Waals surface area contributed by atoms with E-state index in [-0.39, 0.29) is 0 Å². The molecule has 1 aliphatic heterocycles. The van der Waals surface area contributed by atoms with Gasteiger partial charge >= 0.3 is 0 Å². The molecule has 0 spiro atoms. The standard InChI is InChI=1S/C17H11BrClIN4O/c1-9-5-11(20)6-10-8-25-17(22-15(9)10)13-7-14(18)23-24(13)16-12(19)3-2-4-21-16/h2-7H,8H2,1H3. The summed E-state index contributed by atoms with van der Waals surface area (Å²) in [5.74, 6) is 1.03. The topological polar surface area (TPSA) is 52.3 Å². The Bertz CT molecular complexity index is 1020. The lowest BCUT2D eigenvalue weighted by Crippen LogP contribution is -2.17. The third-order valence-corrected chi connectivity index (χ3v) is 5.07. The van der Waals surface area contributed by atoms with Gasteiger partial charge in [-0.05, 0) is 75.3 Å². The summed E-state index contributed by atoms with van der Waals surface area (Å²) in [4.78, 5) is 9.05. The largest absolute Gasteiger partial charge is 0.471 e. The molecular weight excluding hydrogens is 518 g/mol. The summed E-state index contributed by atoms with van der Waals surface area (Å²) in [7, 11) is 0. The molecule has 5 nitrogen and oxygen atoms in total. The van der Waals surface area contributed by atoms with E-state index in [0.29, 0.717) is 33.6 Å². The van der Waals surface area contributed by atoms with Crippen LogP contribution in [0.25, 0.3) is 5.82 Å². The molecule has 126 valence electrons. The lowest BCUT2D eigenvalue weighted by molar-refractivity contribution is 0.286. The maximum absolute atomic E-state index is 6.28. The summed E-state index contributed by atoms with van der Waals surface area (Å²) >= 11 is 12.0. The highest BCUT2D eigenvalue weighted by atomic mass is 127. The molecule has 25 heavy (non-hydrogen) atoms. The van der Waals surface area contributed by atoms with Gasteiger partial charge in [0, 0.05) is 21.4 Å². The van der Waals surface area contributed by atoms with Crippen LogP contribution < -0.4 is 0 Å². The Morgan fingerprint density at radius 2 is 2.16 bits per heavy atom. The number of hydrogen-bond acceptors (Lipinski definition) is 4. The van der Waals surface area contributed by atoms with Crippen LogP contribution in [0, 0.1) is 10.5 Å². The molecule has 0 fully saturated rings. The Hall–Kier alpha value is -1.45. The first-order valence-corrected chi connectivity index (χ1v) is 9.65. The fourth-order valence-electron chi connectivity index (χ4n) is 2.69. The van der Waals surface area contributed by atoms with Gasteiger partial charge in [0.05, 0.1) is 10.7 Å². The Morgan fingerprint density at radius 3 is 2.96 bits per heavy atom. The van der Waals surface area contributed by atoms with E-state index in [2.05, 4.69) is 67.7 Å². The highest BCUT2D eigenvalue weighted by Gasteiger charge is 2.23. The minimum atomic E-state index is 0.463. The SMILES string of the molecule is Cc1cc(I)cc2c1N=C(c1cc(Br)nn1-c1ncccc1Cl)OC2. The Labute approximate surface area is 171 Å². The van der Waals surface area contributed by atoms with Crippen LogP contribution in [0.3, 0.4) is 0 Å². The van der Waals surface area contributed by atoms with E-state index >= 15 is 0 Å². The molecule has 0 bridgehead atoms. The number of pyridine rings is 1. The van der Waals surface area contributed by atoms with Crippen LogP contribution in [-0.2, 0) is 11.3 Å². The molecule has 3 heterocycles. The molecule has 1 aromatic carbocycles. The summed E-state index contributed by atoms with van der Waals surface area (Å²) in [6.45, 7) is 2.51. The summed E-state index contributed by atoms with van der Waals surface area (Å²) in [6, 6.07) is 9.59. The van der Waals surface area contributed by atoms with Gasteiger partial charge in [-0.2, -0.15) is 5.10 Å². The van der Waals surface area contributed by atoms with Gasteiger partial charge in [-0.15, -0.1) is 0 Å². The molecule has 0 saturated carbocycles. The number of aromatic nitrogens is 3. The number of aryl methyl sites for hydroxylation is 1. The molecule has 3 aromatic rings. The van der Waals surface area contributed by atoms with Crippen molar-refractivity contribution in [1.29, 1.82) is 0 Å². The van der Waals surface area contributed by atoms with Gasteiger partial charge in [0.25, 0.3) is 0 Å². The number of ether oxygens (including phenoxy) is 1. The van der Waals surface area contributed by atoms with Crippen LogP contribution in [-0.4, -0.2) is 20.7 Å². The molecule has 0 N–H and O–H groups in total. The van der Waals surface area contributed by atoms with Crippen LogP contribution >= 0.6 is 50.1 Å². The smallest absolute Gasteiger partial charge is 0.241 e. The Kier molecular flexibility index (Phi) is 4.55. The zero-order valence-corrected chi connectivity index (χ0v) is 17.5. The number of aliphatic imine (C=N–C) groups is 1. The van der Waals surface area contributed by atoms with E-state index in [9.17, 15) is 0 Å².